The van der Waals surface area contributed by atoms with Crippen LogP contribution < -0.4 is 10.6 Å². The normalized spacial score (nSPS) is 14.0. The fourth-order valence-electron chi connectivity index (χ4n) is 4.00. The van der Waals surface area contributed by atoms with E-state index in [0.717, 1.165) is 13.0 Å². The predicted molar refractivity (Wildman–Crippen MR) is 142 cm³/mol. The van der Waals surface area contributed by atoms with Crippen LogP contribution in [0.25, 0.3) is 11.4 Å². The zero-order valence-corrected chi connectivity index (χ0v) is 22.8. The third-order valence-electron chi connectivity index (χ3n) is 5.83. The number of rotatable bonds is 5. The molecule has 3 aromatic rings. The molecular weight excluding hydrogens is 518 g/mol. The molecule has 1 aromatic carbocycles. The number of nitrogens with zero attached hydrogens (tertiary/aromatic N) is 4. The lowest BCUT2D eigenvalue weighted by atomic mass is 9.83. The molecule has 1 aliphatic rings. The second-order valence-electron chi connectivity index (χ2n) is 9.65. The van der Waals surface area contributed by atoms with Crippen LogP contribution >= 0.6 is 23.2 Å². The van der Waals surface area contributed by atoms with Crippen molar-refractivity contribution in [3.63, 3.8) is 0 Å². The van der Waals surface area contributed by atoms with Gasteiger partial charge in [-0.2, -0.15) is 0 Å². The summed E-state index contributed by atoms with van der Waals surface area (Å²) in [5.41, 5.74) is 0.750. The lowest BCUT2D eigenvalue weighted by Gasteiger charge is -2.30. The zero-order valence-electron chi connectivity index (χ0n) is 21.3. The van der Waals surface area contributed by atoms with Gasteiger partial charge in [-0.3, -0.25) is 9.59 Å². The predicted octanol–water partition coefficient (Wildman–Crippen LogP) is 5.09. The Kier molecular flexibility index (Phi) is 9.75. The van der Waals surface area contributed by atoms with Crippen molar-refractivity contribution in [2.45, 2.75) is 59.7 Å². The highest BCUT2D eigenvalue weighted by Gasteiger charge is 2.34. The van der Waals surface area contributed by atoms with Crippen molar-refractivity contribution in [3.8, 4) is 11.4 Å². The van der Waals surface area contributed by atoms with Crippen LogP contribution in [0, 0.1) is 11.2 Å². The summed E-state index contributed by atoms with van der Waals surface area (Å²) in [6.07, 6.45) is 4.34. The topological polar surface area (TPSA) is 102 Å². The molecule has 8 nitrogen and oxygen atoms in total. The maximum atomic E-state index is 14.6. The smallest absolute Gasteiger partial charge is 0.272 e. The van der Waals surface area contributed by atoms with Gasteiger partial charge in [-0.15, -0.1) is 0 Å². The number of ketones is 1. The average Bonchev–Trinajstić information content (AvgIpc) is 3.03. The number of fused-ring (bicyclic) bond motifs is 1. The molecule has 0 fully saturated rings. The van der Waals surface area contributed by atoms with E-state index in [1.807, 2.05) is 25.3 Å². The second-order valence-corrected chi connectivity index (χ2v) is 10.4. The third-order valence-corrected chi connectivity index (χ3v) is 6.26. The molecule has 1 atom stereocenters. The van der Waals surface area contributed by atoms with Crippen LogP contribution in [0.4, 0.5) is 4.39 Å². The molecule has 1 amide bonds. The van der Waals surface area contributed by atoms with E-state index in [-0.39, 0.29) is 11.5 Å². The van der Waals surface area contributed by atoms with Crippen LogP contribution in [-0.4, -0.2) is 43.8 Å². The van der Waals surface area contributed by atoms with Gasteiger partial charge in [0.05, 0.1) is 17.3 Å². The van der Waals surface area contributed by atoms with Gasteiger partial charge in [-0.05, 0) is 54.2 Å². The number of halogens is 3. The lowest BCUT2D eigenvalue weighted by molar-refractivity contribution is -0.122. The highest BCUT2D eigenvalue weighted by molar-refractivity contribution is 6.30. The number of hydrogen-bond acceptors (Lipinski definition) is 6. The van der Waals surface area contributed by atoms with Crippen molar-refractivity contribution >= 4 is 34.9 Å². The van der Waals surface area contributed by atoms with Crippen LogP contribution in [0.5, 0.6) is 0 Å². The first kappa shape index (κ1) is 28.7. The van der Waals surface area contributed by atoms with Crippen LogP contribution in [-0.2, 0) is 17.9 Å². The molecule has 0 saturated carbocycles. The molecule has 0 unspecified atom stereocenters. The molecule has 1 aliphatic heterocycles. The van der Waals surface area contributed by atoms with Gasteiger partial charge in [0, 0.05) is 36.9 Å². The van der Waals surface area contributed by atoms with Crippen molar-refractivity contribution in [3.05, 3.63) is 64.2 Å². The molecule has 0 bridgehead atoms. The molecule has 3 heterocycles. The zero-order chi connectivity index (χ0) is 27.2. The van der Waals surface area contributed by atoms with Gasteiger partial charge in [-0.1, -0.05) is 39.3 Å². The van der Waals surface area contributed by atoms with E-state index in [1.165, 1.54) is 6.07 Å². The highest BCUT2D eigenvalue weighted by Crippen LogP contribution is 2.29. The Morgan fingerprint density at radius 3 is 2.49 bits per heavy atom. The number of nitrogens with one attached hydrogen (secondary N) is 2. The van der Waals surface area contributed by atoms with Crippen LogP contribution in [0.2, 0.25) is 10.3 Å². The van der Waals surface area contributed by atoms with E-state index < -0.39 is 23.2 Å². The number of hydrogen-bond donors (Lipinski definition) is 2. The van der Waals surface area contributed by atoms with Crippen LogP contribution in [0.3, 0.4) is 0 Å². The summed E-state index contributed by atoms with van der Waals surface area (Å²) in [5.74, 6) is -0.566. The quantitative estimate of drug-likeness (QED) is 0.430. The van der Waals surface area contributed by atoms with E-state index in [1.54, 1.807) is 37.5 Å². The van der Waals surface area contributed by atoms with E-state index in [4.69, 9.17) is 23.2 Å². The van der Waals surface area contributed by atoms with Gasteiger partial charge in [-0.25, -0.2) is 19.3 Å². The summed E-state index contributed by atoms with van der Waals surface area (Å²) >= 11 is 11.2. The number of aromatic nitrogens is 4. The molecule has 37 heavy (non-hydrogen) atoms. The molecule has 2 aromatic heterocycles. The molecule has 0 aliphatic carbocycles. The van der Waals surface area contributed by atoms with Crippen molar-refractivity contribution in [2.24, 2.45) is 5.41 Å². The van der Waals surface area contributed by atoms with Gasteiger partial charge in [0.1, 0.15) is 11.6 Å². The van der Waals surface area contributed by atoms with E-state index >= 15 is 0 Å². The number of benzene rings is 1. The largest absolute Gasteiger partial charge is 0.340 e. The van der Waals surface area contributed by atoms with Crippen molar-refractivity contribution in [2.75, 3.05) is 6.54 Å². The van der Waals surface area contributed by atoms with Gasteiger partial charge < -0.3 is 15.2 Å². The Morgan fingerprint density at radius 2 is 1.92 bits per heavy atom. The van der Waals surface area contributed by atoms with Crippen LogP contribution in [0.15, 0.2) is 36.7 Å². The van der Waals surface area contributed by atoms with Crippen LogP contribution in [0.1, 0.15) is 56.7 Å². The van der Waals surface area contributed by atoms with Gasteiger partial charge in [0.15, 0.2) is 11.5 Å². The molecule has 11 heteroatoms. The van der Waals surface area contributed by atoms with Gasteiger partial charge >= 0.3 is 0 Å². The fourth-order valence-corrected chi connectivity index (χ4v) is 4.27. The minimum absolute atomic E-state index is 0.0387. The number of amides is 1. The third kappa shape index (κ3) is 7.34. The highest BCUT2D eigenvalue weighted by atomic mass is 35.5. The summed E-state index contributed by atoms with van der Waals surface area (Å²) in [5, 5.41) is 6.75. The summed E-state index contributed by atoms with van der Waals surface area (Å²) in [6.45, 7) is 9.34. The van der Waals surface area contributed by atoms with Crippen molar-refractivity contribution < 1.29 is 14.0 Å². The van der Waals surface area contributed by atoms with Gasteiger partial charge in [0.2, 0.25) is 5.28 Å². The van der Waals surface area contributed by atoms with Gasteiger partial charge in [0.25, 0.3) is 5.91 Å². The Morgan fingerprint density at radius 1 is 1.22 bits per heavy atom. The molecular formula is C26H31Cl2FN6O2. The molecule has 0 spiro atoms. The Hall–Kier alpha value is -2.88. The summed E-state index contributed by atoms with van der Waals surface area (Å²) in [7, 11) is 0. The average molecular weight is 549 g/mol. The van der Waals surface area contributed by atoms with E-state index in [0.29, 0.717) is 46.9 Å². The monoisotopic (exact) mass is 548 g/mol. The Balaban J connectivity index is 0.000000468. The molecule has 4 rings (SSSR count). The molecule has 2 N–H and O–H groups in total. The molecule has 0 saturated heterocycles. The minimum Gasteiger partial charge on any atom is -0.340 e. The SMILES string of the molecule is CCC(=O)[C@@H](NC(=O)c1nc(-c2ccc(Cl)cc2F)n2c1CNCCC2)C(C)(C)C.Clc1ncccn1. The first-order valence-electron chi connectivity index (χ1n) is 12.0. The first-order chi connectivity index (χ1) is 17.5. The van der Waals surface area contributed by atoms with Crippen molar-refractivity contribution in [1.82, 2.24) is 30.2 Å². The minimum atomic E-state index is -0.637. The van der Waals surface area contributed by atoms with E-state index in [9.17, 15) is 14.0 Å². The Bertz CT molecular complexity index is 1240. The van der Waals surface area contributed by atoms with E-state index in [2.05, 4.69) is 25.6 Å². The van der Waals surface area contributed by atoms with Crippen molar-refractivity contribution in [1.29, 1.82) is 0 Å². The summed E-state index contributed by atoms with van der Waals surface area (Å²) in [6, 6.07) is 5.49. The summed E-state index contributed by atoms with van der Waals surface area (Å²) < 4.78 is 16.5. The number of carbonyl (C=O) groups is 2. The number of carbonyl (C=O) groups excluding carboxylic acids is 2. The second kappa shape index (κ2) is 12.6. The lowest BCUT2D eigenvalue weighted by Crippen LogP contribution is -2.49. The maximum Gasteiger partial charge on any atom is 0.272 e. The first-order valence-corrected chi connectivity index (χ1v) is 12.8. The number of imidazole rings is 1. The molecule has 0 radical (unpaired) electrons. The number of Topliss-reactive ketones (excluding diaryl/α,β-unsaturated/α-hetero) is 1. The standard InChI is InChI=1S/C22H28ClFN4O2.C4H3ClN2/c1-5-17(29)19(22(2,3)4)27-21(30)18-16-12-25-9-6-10-28(16)20(26-18)14-8-7-13(23)11-15(14)24;5-4-6-2-1-3-7-4/h7-8,11,19,25H,5-6,9-10,12H2,1-4H3,(H,27,30);1-3H/t19-;/m1./s1. The molecule has 198 valence electrons. The summed E-state index contributed by atoms with van der Waals surface area (Å²) in [4.78, 5) is 37.5. The fraction of sp³-hybridized carbons (Fsp3) is 0.423. The Labute approximate surface area is 226 Å². The maximum absolute atomic E-state index is 14.6.